The average molecular weight is 285 g/mol. The van der Waals surface area contributed by atoms with Gasteiger partial charge in [0.05, 0.1) is 5.69 Å². The lowest BCUT2D eigenvalue weighted by atomic mass is 9.92. The lowest BCUT2D eigenvalue weighted by Gasteiger charge is -2.26. The third-order valence-corrected chi connectivity index (χ3v) is 3.85. The highest BCUT2D eigenvalue weighted by Gasteiger charge is 2.21. The Morgan fingerprint density at radius 2 is 2.10 bits per heavy atom. The molecular weight excluding hydrogens is 266 g/mol. The topological polar surface area (TPSA) is 85.8 Å². The molecule has 0 aliphatic heterocycles. The first-order chi connectivity index (χ1) is 10.2. The van der Waals surface area contributed by atoms with Crippen LogP contribution in [0.15, 0.2) is 36.8 Å². The smallest absolute Gasteiger partial charge is 0.270 e. The standard InChI is InChI=1S/C15H19N5O/c16-11-2-4-12(5-3-11)19-15(21)14-10-13(6-8-17-14)20-9-1-7-18-20/h1,6-12H,2-5,16H2,(H,19,21). The van der Waals surface area contributed by atoms with Gasteiger partial charge in [0.15, 0.2) is 0 Å². The van der Waals surface area contributed by atoms with Crippen LogP contribution in [0.2, 0.25) is 0 Å². The summed E-state index contributed by atoms with van der Waals surface area (Å²) in [4.78, 5) is 16.4. The van der Waals surface area contributed by atoms with Crippen LogP contribution >= 0.6 is 0 Å². The van der Waals surface area contributed by atoms with Crippen molar-refractivity contribution < 1.29 is 4.79 Å². The maximum atomic E-state index is 12.3. The molecule has 1 amide bonds. The minimum absolute atomic E-state index is 0.135. The van der Waals surface area contributed by atoms with Crippen molar-refractivity contribution in [2.24, 2.45) is 5.73 Å². The largest absolute Gasteiger partial charge is 0.348 e. The van der Waals surface area contributed by atoms with Gasteiger partial charge in [-0.2, -0.15) is 5.10 Å². The van der Waals surface area contributed by atoms with E-state index in [1.807, 2.05) is 18.3 Å². The predicted octanol–water partition coefficient (Wildman–Crippen LogP) is 1.27. The molecule has 6 nitrogen and oxygen atoms in total. The van der Waals surface area contributed by atoms with Crippen LogP contribution in [0.1, 0.15) is 36.2 Å². The van der Waals surface area contributed by atoms with Gasteiger partial charge in [-0.15, -0.1) is 0 Å². The molecule has 3 N–H and O–H groups in total. The number of hydrogen-bond acceptors (Lipinski definition) is 4. The van der Waals surface area contributed by atoms with Crippen LogP contribution in [0, 0.1) is 0 Å². The molecule has 0 aromatic carbocycles. The highest BCUT2D eigenvalue weighted by atomic mass is 16.1. The second-order valence-corrected chi connectivity index (χ2v) is 5.44. The highest BCUT2D eigenvalue weighted by molar-refractivity contribution is 5.92. The number of carbonyl (C=O) groups is 1. The number of carbonyl (C=O) groups excluding carboxylic acids is 1. The van der Waals surface area contributed by atoms with Crippen molar-refractivity contribution in [3.63, 3.8) is 0 Å². The van der Waals surface area contributed by atoms with Crippen molar-refractivity contribution in [1.29, 1.82) is 0 Å². The van der Waals surface area contributed by atoms with Crippen molar-refractivity contribution >= 4 is 5.91 Å². The number of hydrogen-bond donors (Lipinski definition) is 2. The molecule has 0 bridgehead atoms. The van der Waals surface area contributed by atoms with E-state index in [9.17, 15) is 4.79 Å². The molecule has 21 heavy (non-hydrogen) atoms. The van der Waals surface area contributed by atoms with E-state index >= 15 is 0 Å². The van der Waals surface area contributed by atoms with Crippen molar-refractivity contribution in [3.8, 4) is 5.69 Å². The summed E-state index contributed by atoms with van der Waals surface area (Å²) < 4.78 is 1.71. The molecule has 1 fully saturated rings. The lowest BCUT2D eigenvalue weighted by molar-refractivity contribution is 0.0921. The Bertz CT molecular complexity index is 602. The van der Waals surface area contributed by atoms with Gasteiger partial charge in [0.25, 0.3) is 5.91 Å². The van der Waals surface area contributed by atoms with Gasteiger partial charge < -0.3 is 11.1 Å². The van der Waals surface area contributed by atoms with Crippen LogP contribution in [0.4, 0.5) is 0 Å². The Hall–Kier alpha value is -2.21. The second-order valence-electron chi connectivity index (χ2n) is 5.44. The van der Waals surface area contributed by atoms with Gasteiger partial charge in [0.2, 0.25) is 0 Å². The lowest BCUT2D eigenvalue weighted by Crippen LogP contribution is -2.40. The van der Waals surface area contributed by atoms with Crippen LogP contribution in [0.25, 0.3) is 5.69 Å². The molecule has 1 aliphatic carbocycles. The van der Waals surface area contributed by atoms with Gasteiger partial charge in [0.1, 0.15) is 5.69 Å². The summed E-state index contributed by atoms with van der Waals surface area (Å²) in [6, 6.07) is 5.89. The number of pyridine rings is 1. The average Bonchev–Trinajstić information content (AvgIpc) is 3.04. The van der Waals surface area contributed by atoms with Crippen LogP contribution in [0.3, 0.4) is 0 Å². The second kappa shape index (κ2) is 6.05. The minimum atomic E-state index is -0.135. The monoisotopic (exact) mass is 285 g/mol. The van der Waals surface area contributed by atoms with E-state index in [2.05, 4.69) is 15.4 Å². The Kier molecular flexibility index (Phi) is 3.96. The van der Waals surface area contributed by atoms with E-state index in [4.69, 9.17) is 5.73 Å². The summed E-state index contributed by atoms with van der Waals surface area (Å²) in [5.74, 6) is -0.135. The molecule has 2 aromatic rings. The highest BCUT2D eigenvalue weighted by Crippen LogP contribution is 2.17. The van der Waals surface area contributed by atoms with Crippen molar-refractivity contribution in [2.45, 2.75) is 37.8 Å². The molecule has 1 aliphatic rings. The number of nitrogens with one attached hydrogen (secondary N) is 1. The molecule has 2 heterocycles. The molecule has 0 unspecified atom stereocenters. The third kappa shape index (κ3) is 3.28. The van der Waals surface area contributed by atoms with Gasteiger partial charge in [-0.25, -0.2) is 4.68 Å². The zero-order valence-corrected chi connectivity index (χ0v) is 11.8. The van der Waals surface area contributed by atoms with Gasteiger partial charge in [-0.1, -0.05) is 0 Å². The minimum Gasteiger partial charge on any atom is -0.348 e. The summed E-state index contributed by atoms with van der Waals surface area (Å²) in [6.45, 7) is 0. The fraction of sp³-hybridized carbons (Fsp3) is 0.400. The zero-order valence-electron chi connectivity index (χ0n) is 11.8. The summed E-state index contributed by atoms with van der Waals surface area (Å²) >= 11 is 0. The van der Waals surface area contributed by atoms with Crippen molar-refractivity contribution in [2.75, 3.05) is 0 Å². The maximum absolute atomic E-state index is 12.3. The molecule has 0 spiro atoms. The molecule has 1 saturated carbocycles. The molecule has 0 atom stereocenters. The van der Waals surface area contributed by atoms with Gasteiger partial charge >= 0.3 is 0 Å². The SMILES string of the molecule is NC1CCC(NC(=O)c2cc(-n3cccn3)ccn2)CC1. The van der Waals surface area contributed by atoms with Crippen LogP contribution in [-0.4, -0.2) is 32.8 Å². The normalized spacial score (nSPS) is 22.0. The summed E-state index contributed by atoms with van der Waals surface area (Å²) in [5, 5.41) is 7.20. The van der Waals surface area contributed by atoms with E-state index in [-0.39, 0.29) is 18.0 Å². The van der Waals surface area contributed by atoms with Crippen molar-refractivity contribution in [1.82, 2.24) is 20.1 Å². The van der Waals surface area contributed by atoms with E-state index < -0.39 is 0 Å². The Labute approximate surface area is 123 Å². The molecule has 6 heteroatoms. The van der Waals surface area contributed by atoms with Gasteiger partial charge in [0, 0.05) is 30.7 Å². The Balaban J connectivity index is 1.69. The molecule has 3 rings (SSSR count). The molecule has 0 saturated heterocycles. The summed E-state index contributed by atoms with van der Waals surface area (Å²) in [6.07, 6.45) is 8.96. The summed E-state index contributed by atoms with van der Waals surface area (Å²) in [7, 11) is 0. The number of nitrogens with two attached hydrogens (primary N) is 1. The first-order valence-corrected chi connectivity index (χ1v) is 7.25. The number of amides is 1. The van der Waals surface area contributed by atoms with Gasteiger partial charge in [-0.3, -0.25) is 9.78 Å². The van der Waals surface area contributed by atoms with E-state index in [1.54, 1.807) is 23.1 Å². The Morgan fingerprint density at radius 1 is 1.29 bits per heavy atom. The van der Waals surface area contributed by atoms with E-state index in [0.29, 0.717) is 5.69 Å². The van der Waals surface area contributed by atoms with Gasteiger partial charge in [-0.05, 0) is 43.9 Å². The third-order valence-electron chi connectivity index (χ3n) is 3.85. The van der Waals surface area contributed by atoms with E-state index in [1.165, 1.54) is 0 Å². The maximum Gasteiger partial charge on any atom is 0.270 e. The molecular formula is C15H19N5O. The molecule has 110 valence electrons. The fourth-order valence-corrected chi connectivity index (χ4v) is 2.63. The summed E-state index contributed by atoms with van der Waals surface area (Å²) in [5.41, 5.74) is 7.12. The van der Waals surface area contributed by atoms with Crippen molar-refractivity contribution in [3.05, 3.63) is 42.5 Å². The zero-order chi connectivity index (χ0) is 14.7. The molecule has 0 radical (unpaired) electrons. The Morgan fingerprint density at radius 3 is 2.81 bits per heavy atom. The van der Waals surface area contributed by atoms with Crippen LogP contribution < -0.4 is 11.1 Å². The predicted molar refractivity (Wildman–Crippen MR) is 79.1 cm³/mol. The quantitative estimate of drug-likeness (QED) is 0.889. The fourth-order valence-electron chi connectivity index (χ4n) is 2.63. The first-order valence-electron chi connectivity index (χ1n) is 7.25. The van der Waals surface area contributed by atoms with Crippen LogP contribution in [-0.2, 0) is 0 Å². The van der Waals surface area contributed by atoms with Crippen LogP contribution in [0.5, 0.6) is 0 Å². The van der Waals surface area contributed by atoms with E-state index in [0.717, 1.165) is 31.4 Å². The number of rotatable bonds is 3. The number of nitrogens with zero attached hydrogens (tertiary/aromatic N) is 3. The first kappa shape index (κ1) is 13.8. The molecule has 2 aromatic heterocycles. The number of aromatic nitrogens is 3.